The molecule has 1 aliphatic rings. The largest absolute Gasteiger partial charge is 0.342 e. The van der Waals surface area contributed by atoms with E-state index in [1.54, 1.807) is 0 Å². The van der Waals surface area contributed by atoms with Crippen LogP contribution in [0, 0.1) is 24.2 Å². The Hall–Kier alpha value is -0.970. The average molecular weight is 165 g/mol. The van der Waals surface area contributed by atoms with Crippen LogP contribution in [-0.2, 0) is 4.79 Å². The summed E-state index contributed by atoms with van der Waals surface area (Å²) in [5.74, 6) is 3.46. The third-order valence-corrected chi connectivity index (χ3v) is 2.37. The highest BCUT2D eigenvalue weighted by Gasteiger charge is 2.39. The van der Waals surface area contributed by atoms with Crippen molar-refractivity contribution in [1.29, 1.82) is 0 Å². The van der Waals surface area contributed by atoms with Crippen LogP contribution in [0.3, 0.4) is 0 Å². The van der Waals surface area contributed by atoms with Crippen LogP contribution in [0.25, 0.3) is 0 Å². The Kier molecular flexibility index (Phi) is 2.75. The zero-order valence-corrected chi connectivity index (χ0v) is 7.63. The molecule has 0 heterocycles. The lowest BCUT2D eigenvalue weighted by Crippen LogP contribution is -2.34. The molecule has 66 valence electrons. The third-order valence-electron chi connectivity index (χ3n) is 2.37. The first kappa shape index (κ1) is 9.12. The third kappa shape index (κ3) is 2.01. The summed E-state index contributed by atoms with van der Waals surface area (Å²) in [7, 11) is 0. The average Bonchev–Trinajstić information content (AvgIpc) is 2.78. The second-order valence-electron chi connectivity index (χ2n) is 3.46. The van der Waals surface area contributed by atoms with Gasteiger partial charge in [-0.1, -0.05) is 19.8 Å². The van der Waals surface area contributed by atoms with Crippen molar-refractivity contribution >= 4 is 5.91 Å². The molecule has 1 aliphatic carbocycles. The zero-order valence-electron chi connectivity index (χ0n) is 7.63. The number of hydrogen-bond donors (Lipinski definition) is 1. The van der Waals surface area contributed by atoms with Crippen LogP contribution in [0.1, 0.15) is 26.7 Å². The van der Waals surface area contributed by atoms with Gasteiger partial charge in [-0.3, -0.25) is 4.79 Å². The minimum atomic E-state index is -0.0784. The summed E-state index contributed by atoms with van der Waals surface area (Å²) in [5.41, 5.74) is 0. The first-order valence-electron chi connectivity index (χ1n) is 4.45. The molecule has 3 atom stereocenters. The lowest BCUT2D eigenvalue weighted by Gasteiger charge is -2.09. The van der Waals surface area contributed by atoms with Gasteiger partial charge >= 0.3 is 0 Å². The van der Waals surface area contributed by atoms with Gasteiger partial charge in [-0.05, 0) is 18.8 Å². The molecule has 1 rings (SSSR count). The first-order valence-corrected chi connectivity index (χ1v) is 4.45. The van der Waals surface area contributed by atoms with Crippen molar-refractivity contribution in [2.75, 3.05) is 0 Å². The second-order valence-corrected chi connectivity index (χ2v) is 3.46. The van der Waals surface area contributed by atoms with Crippen LogP contribution < -0.4 is 5.32 Å². The standard InChI is InChI=1S/C10H15NO/c1-4-8(5-2)11-10(12)9-6-7(9)3/h1,7-9H,5-6H2,2-3H3,(H,11,12). The van der Waals surface area contributed by atoms with Crippen LogP contribution in [0.2, 0.25) is 0 Å². The van der Waals surface area contributed by atoms with E-state index in [-0.39, 0.29) is 17.9 Å². The summed E-state index contributed by atoms with van der Waals surface area (Å²) >= 11 is 0. The molecule has 3 unspecified atom stereocenters. The van der Waals surface area contributed by atoms with Gasteiger partial charge in [0.15, 0.2) is 0 Å². The highest BCUT2D eigenvalue weighted by Crippen LogP contribution is 2.37. The van der Waals surface area contributed by atoms with E-state index in [4.69, 9.17) is 6.42 Å². The zero-order chi connectivity index (χ0) is 9.14. The molecular weight excluding hydrogens is 150 g/mol. The quantitative estimate of drug-likeness (QED) is 0.625. The van der Waals surface area contributed by atoms with Gasteiger partial charge in [0.2, 0.25) is 5.91 Å². The number of rotatable bonds is 3. The van der Waals surface area contributed by atoms with Crippen molar-refractivity contribution < 1.29 is 4.79 Å². The van der Waals surface area contributed by atoms with Crippen molar-refractivity contribution in [2.45, 2.75) is 32.7 Å². The molecule has 0 aliphatic heterocycles. The number of terminal acetylenes is 1. The first-order chi connectivity index (χ1) is 5.69. The molecule has 1 saturated carbocycles. The second kappa shape index (κ2) is 3.62. The minimum Gasteiger partial charge on any atom is -0.342 e. The van der Waals surface area contributed by atoms with Gasteiger partial charge in [0.25, 0.3) is 0 Å². The maximum atomic E-state index is 11.3. The predicted molar refractivity (Wildman–Crippen MR) is 48.3 cm³/mol. The summed E-state index contributed by atoms with van der Waals surface area (Å²) in [6, 6.07) is -0.0784. The Morgan fingerprint density at radius 3 is 2.75 bits per heavy atom. The predicted octanol–water partition coefficient (Wildman–Crippen LogP) is 1.17. The van der Waals surface area contributed by atoms with Crippen LogP contribution >= 0.6 is 0 Å². The highest BCUT2D eigenvalue weighted by atomic mass is 16.2. The fraction of sp³-hybridized carbons (Fsp3) is 0.700. The summed E-state index contributed by atoms with van der Waals surface area (Å²) in [6.45, 7) is 4.06. The van der Waals surface area contributed by atoms with Gasteiger partial charge in [0, 0.05) is 5.92 Å². The van der Waals surface area contributed by atoms with Gasteiger partial charge in [0.05, 0.1) is 6.04 Å². The molecule has 0 aromatic rings. The molecular formula is C10H15NO. The van der Waals surface area contributed by atoms with E-state index >= 15 is 0 Å². The molecule has 0 spiro atoms. The Balaban J connectivity index is 2.31. The van der Waals surface area contributed by atoms with Crippen LogP contribution in [0.5, 0.6) is 0 Å². The summed E-state index contributed by atoms with van der Waals surface area (Å²) in [6.07, 6.45) is 7.05. The van der Waals surface area contributed by atoms with Gasteiger partial charge in [-0.25, -0.2) is 0 Å². The monoisotopic (exact) mass is 165 g/mol. The van der Waals surface area contributed by atoms with Gasteiger partial charge < -0.3 is 5.32 Å². The molecule has 0 aromatic heterocycles. The number of hydrogen-bond acceptors (Lipinski definition) is 1. The van der Waals surface area contributed by atoms with Gasteiger partial charge in [-0.2, -0.15) is 0 Å². The molecule has 0 bridgehead atoms. The van der Waals surface area contributed by atoms with Gasteiger partial charge in [0.1, 0.15) is 0 Å². The Labute approximate surface area is 73.7 Å². The molecule has 1 amide bonds. The van der Waals surface area contributed by atoms with Crippen molar-refractivity contribution in [3.8, 4) is 12.3 Å². The van der Waals surface area contributed by atoms with Crippen LogP contribution in [0.4, 0.5) is 0 Å². The molecule has 1 N–H and O–H groups in total. The van der Waals surface area contributed by atoms with Crippen molar-refractivity contribution in [3.63, 3.8) is 0 Å². The lowest BCUT2D eigenvalue weighted by molar-refractivity contribution is -0.122. The normalized spacial score (nSPS) is 28.8. The number of nitrogens with one attached hydrogen (secondary N) is 1. The molecule has 2 nitrogen and oxygen atoms in total. The maximum Gasteiger partial charge on any atom is 0.224 e. The van der Waals surface area contributed by atoms with Crippen LogP contribution in [-0.4, -0.2) is 11.9 Å². The topological polar surface area (TPSA) is 29.1 Å². The molecule has 12 heavy (non-hydrogen) atoms. The number of carbonyl (C=O) groups excluding carboxylic acids is 1. The van der Waals surface area contributed by atoms with E-state index in [9.17, 15) is 4.79 Å². The Morgan fingerprint density at radius 2 is 2.42 bits per heavy atom. The summed E-state index contributed by atoms with van der Waals surface area (Å²) < 4.78 is 0. The van der Waals surface area contributed by atoms with E-state index in [0.717, 1.165) is 12.8 Å². The van der Waals surface area contributed by atoms with E-state index < -0.39 is 0 Å². The van der Waals surface area contributed by atoms with E-state index in [2.05, 4.69) is 18.2 Å². The molecule has 2 heteroatoms. The number of carbonyl (C=O) groups is 1. The van der Waals surface area contributed by atoms with E-state index in [0.29, 0.717) is 5.92 Å². The minimum absolute atomic E-state index is 0.0784. The van der Waals surface area contributed by atoms with Gasteiger partial charge in [-0.15, -0.1) is 6.42 Å². The summed E-state index contributed by atoms with van der Waals surface area (Å²) in [4.78, 5) is 11.3. The Morgan fingerprint density at radius 1 is 1.83 bits per heavy atom. The fourth-order valence-electron chi connectivity index (χ4n) is 1.23. The molecule has 1 fully saturated rings. The highest BCUT2D eigenvalue weighted by molar-refractivity contribution is 5.82. The SMILES string of the molecule is C#CC(CC)NC(=O)C1CC1C. The van der Waals surface area contributed by atoms with Crippen molar-refractivity contribution in [1.82, 2.24) is 5.32 Å². The molecule has 0 aromatic carbocycles. The van der Waals surface area contributed by atoms with E-state index in [1.807, 2.05) is 6.92 Å². The lowest BCUT2D eigenvalue weighted by atomic mass is 10.2. The molecule has 0 saturated heterocycles. The smallest absolute Gasteiger partial charge is 0.224 e. The summed E-state index contributed by atoms with van der Waals surface area (Å²) in [5, 5.41) is 2.83. The van der Waals surface area contributed by atoms with Crippen molar-refractivity contribution in [3.05, 3.63) is 0 Å². The van der Waals surface area contributed by atoms with Crippen molar-refractivity contribution in [2.24, 2.45) is 11.8 Å². The van der Waals surface area contributed by atoms with Crippen LogP contribution in [0.15, 0.2) is 0 Å². The van der Waals surface area contributed by atoms with E-state index in [1.165, 1.54) is 0 Å². The Bertz CT molecular complexity index is 216. The molecule has 0 radical (unpaired) electrons. The maximum absolute atomic E-state index is 11.3. The number of amides is 1. The fourth-order valence-corrected chi connectivity index (χ4v) is 1.23.